The van der Waals surface area contributed by atoms with Crippen molar-refractivity contribution in [3.05, 3.63) is 23.9 Å². The van der Waals surface area contributed by atoms with Crippen LogP contribution in [0.3, 0.4) is 0 Å². The highest BCUT2D eigenvalue weighted by Crippen LogP contribution is 2.13. The van der Waals surface area contributed by atoms with Gasteiger partial charge in [-0.25, -0.2) is 4.98 Å². The van der Waals surface area contributed by atoms with E-state index >= 15 is 0 Å². The monoisotopic (exact) mass is 304 g/mol. The van der Waals surface area contributed by atoms with E-state index in [-0.39, 0.29) is 23.6 Å². The standard InChI is InChI=1S/C15H20N4O3/c1-15(2,3)19-11-6-4-5-9(16-11)13(21)17-10-7-8-12(20)18-14(10)22/h4-6,10H,7-8H2,1-3H3,(H,16,19)(H,17,21)(H,18,20,22). The Hall–Kier alpha value is -2.44. The van der Waals surface area contributed by atoms with E-state index in [0.29, 0.717) is 12.2 Å². The zero-order chi connectivity index (χ0) is 16.3. The largest absolute Gasteiger partial charge is 0.365 e. The first-order valence-electron chi connectivity index (χ1n) is 7.14. The van der Waals surface area contributed by atoms with Crippen LogP contribution in [0, 0.1) is 0 Å². The molecule has 1 aromatic heterocycles. The lowest BCUT2D eigenvalue weighted by Crippen LogP contribution is -2.52. The molecule has 3 amide bonds. The van der Waals surface area contributed by atoms with Gasteiger partial charge in [-0.1, -0.05) is 6.07 Å². The van der Waals surface area contributed by atoms with Crippen LogP contribution < -0.4 is 16.0 Å². The third kappa shape index (κ3) is 4.28. The van der Waals surface area contributed by atoms with Crippen molar-refractivity contribution in [1.82, 2.24) is 15.6 Å². The molecule has 1 saturated heterocycles. The van der Waals surface area contributed by atoms with Gasteiger partial charge in [0.15, 0.2) is 0 Å². The fourth-order valence-electron chi connectivity index (χ4n) is 2.08. The average molecular weight is 304 g/mol. The molecule has 0 aromatic carbocycles. The number of nitrogens with one attached hydrogen (secondary N) is 3. The molecule has 7 heteroatoms. The molecule has 118 valence electrons. The Bertz CT molecular complexity index is 607. The van der Waals surface area contributed by atoms with Gasteiger partial charge in [0.05, 0.1) is 0 Å². The molecule has 1 atom stereocenters. The highest BCUT2D eigenvalue weighted by molar-refractivity contribution is 6.03. The van der Waals surface area contributed by atoms with Crippen molar-refractivity contribution in [2.24, 2.45) is 0 Å². The molecule has 0 saturated carbocycles. The number of nitrogens with zero attached hydrogens (tertiary/aromatic N) is 1. The predicted molar refractivity (Wildman–Crippen MR) is 81.3 cm³/mol. The summed E-state index contributed by atoms with van der Waals surface area (Å²) >= 11 is 0. The fourth-order valence-corrected chi connectivity index (χ4v) is 2.08. The van der Waals surface area contributed by atoms with Gasteiger partial charge in [0.25, 0.3) is 5.91 Å². The molecule has 0 bridgehead atoms. The van der Waals surface area contributed by atoms with Gasteiger partial charge < -0.3 is 10.6 Å². The Kier molecular flexibility index (Phi) is 4.44. The summed E-state index contributed by atoms with van der Waals surface area (Å²) in [6, 6.07) is 4.37. The van der Waals surface area contributed by atoms with Gasteiger partial charge in [-0.2, -0.15) is 0 Å². The zero-order valence-corrected chi connectivity index (χ0v) is 12.9. The number of hydrogen-bond acceptors (Lipinski definition) is 5. The molecule has 22 heavy (non-hydrogen) atoms. The summed E-state index contributed by atoms with van der Waals surface area (Å²) in [4.78, 5) is 39.2. The van der Waals surface area contributed by atoms with Crippen LogP contribution in [0.5, 0.6) is 0 Å². The number of amides is 3. The highest BCUT2D eigenvalue weighted by Gasteiger charge is 2.28. The van der Waals surface area contributed by atoms with Crippen LogP contribution in [-0.4, -0.2) is 34.3 Å². The highest BCUT2D eigenvalue weighted by atomic mass is 16.2. The third-order valence-corrected chi connectivity index (χ3v) is 3.03. The first-order chi connectivity index (χ1) is 10.2. The maximum atomic E-state index is 12.2. The van der Waals surface area contributed by atoms with Gasteiger partial charge in [-0.3, -0.25) is 19.7 Å². The summed E-state index contributed by atoms with van der Waals surface area (Å²) in [6.45, 7) is 5.97. The topological polar surface area (TPSA) is 100 Å². The van der Waals surface area contributed by atoms with E-state index in [4.69, 9.17) is 0 Å². The number of pyridine rings is 1. The molecule has 1 fully saturated rings. The second-order valence-corrected chi connectivity index (χ2v) is 6.26. The van der Waals surface area contributed by atoms with Crippen molar-refractivity contribution < 1.29 is 14.4 Å². The molecule has 2 rings (SSSR count). The Morgan fingerprint density at radius 3 is 2.68 bits per heavy atom. The van der Waals surface area contributed by atoms with Crippen LogP contribution in [0.15, 0.2) is 18.2 Å². The minimum atomic E-state index is -0.703. The van der Waals surface area contributed by atoms with E-state index < -0.39 is 17.9 Å². The van der Waals surface area contributed by atoms with Crippen LogP contribution in [0.2, 0.25) is 0 Å². The summed E-state index contributed by atoms with van der Waals surface area (Å²) in [5, 5.41) is 7.98. The van der Waals surface area contributed by atoms with E-state index in [0.717, 1.165) is 0 Å². The van der Waals surface area contributed by atoms with Gasteiger partial charge in [0, 0.05) is 12.0 Å². The predicted octanol–water partition coefficient (Wildman–Crippen LogP) is 0.827. The lowest BCUT2D eigenvalue weighted by molar-refractivity contribution is -0.134. The minimum absolute atomic E-state index is 0.175. The van der Waals surface area contributed by atoms with E-state index in [1.54, 1.807) is 18.2 Å². The van der Waals surface area contributed by atoms with Crippen molar-refractivity contribution in [3.8, 4) is 0 Å². The minimum Gasteiger partial charge on any atom is -0.365 e. The van der Waals surface area contributed by atoms with Crippen molar-refractivity contribution >= 4 is 23.5 Å². The number of imide groups is 1. The van der Waals surface area contributed by atoms with E-state index in [1.165, 1.54) is 0 Å². The number of anilines is 1. The van der Waals surface area contributed by atoms with Gasteiger partial charge in [-0.15, -0.1) is 0 Å². The molecule has 2 heterocycles. The SMILES string of the molecule is CC(C)(C)Nc1cccc(C(=O)NC2CCC(=O)NC2=O)n1. The normalized spacial score (nSPS) is 18.6. The smallest absolute Gasteiger partial charge is 0.270 e. The molecule has 0 spiro atoms. The van der Waals surface area contributed by atoms with Gasteiger partial charge in [0.1, 0.15) is 17.6 Å². The van der Waals surface area contributed by atoms with Gasteiger partial charge in [0.2, 0.25) is 11.8 Å². The Balaban J connectivity index is 2.05. The molecule has 1 aromatic rings. The Labute approximate surface area is 128 Å². The summed E-state index contributed by atoms with van der Waals surface area (Å²) < 4.78 is 0. The molecule has 0 aliphatic carbocycles. The quantitative estimate of drug-likeness (QED) is 0.718. The van der Waals surface area contributed by atoms with E-state index in [1.807, 2.05) is 20.8 Å². The Morgan fingerprint density at radius 1 is 1.32 bits per heavy atom. The van der Waals surface area contributed by atoms with Crippen LogP contribution in [-0.2, 0) is 9.59 Å². The molecule has 1 aliphatic heterocycles. The molecule has 1 unspecified atom stereocenters. The number of piperidine rings is 1. The lowest BCUT2D eigenvalue weighted by atomic mass is 10.1. The maximum absolute atomic E-state index is 12.2. The van der Waals surface area contributed by atoms with Crippen molar-refractivity contribution in [2.45, 2.75) is 45.2 Å². The number of carbonyl (C=O) groups excluding carboxylic acids is 3. The lowest BCUT2D eigenvalue weighted by Gasteiger charge is -2.23. The van der Waals surface area contributed by atoms with Crippen molar-refractivity contribution in [3.63, 3.8) is 0 Å². The first kappa shape index (κ1) is 15.9. The zero-order valence-electron chi connectivity index (χ0n) is 12.9. The van der Waals surface area contributed by atoms with Crippen LogP contribution in [0.1, 0.15) is 44.1 Å². The van der Waals surface area contributed by atoms with Crippen molar-refractivity contribution in [1.29, 1.82) is 0 Å². The molecule has 0 radical (unpaired) electrons. The third-order valence-electron chi connectivity index (χ3n) is 3.03. The molecule has 7 nitrogen and oxygen atoms in total. The van der Waals surface area contributed by atoms with E-state index in [9.17, 15) is 14.4 Å². The molecule has 3 N–H and O–H groups in total. The van der Waals surface area contributed by atoms with Crippen molar-refractivity contribution in [2.75, 3.05) is 5.32 Å². The number of hydrogen-bond donors (Lipinski definition) is 3. The second kappa shape index (κ2) is 6.13. The summed E-state index contributed by atoms with van der Waals surface area (Å²) in [6.07, 6.45) is 0.520. The summed E-state index contributed by atoms with van der Waals surface area (Å²) in [7, 11) is 0. The number of rotatable bonds is 3. The summed E-state index contributed by atoms with van der Waals surface area (Å²) in [5.74, 6) is -0.644. The van der Waals surface area contributed by atoms with E-state index in [2.05, 4.69) is 20.9 Å². The maximum Gasteiger partial charge on any atom is 0.270 e. The van der Waals surface area contributed by atoms with Crippen LogP contribution in [0.4, 0.5) is 5.82 Å². The second-order valence-electron chi connectivity index (χ2n) is 6.26. The summed E-state index contributed by atoms with van der Waals surface area (Å²) in [5.41, 5.74) is 0.0464. The van der Waals surface area contributed by atoms with Gasteiger partial charge >= 0.3 is 0 Å². The number of aromatic nitrogens is 1. The van der Waals surface area contributed by atoms with Crippen LogP contribution in [0.25, 0.3) is 0 Å². The molecular weight excluding hydrogens is 284 g/mol. The fraction of sp³-hybridized carbons (Fsp3) is 0.467. The molecular formula is C15H20N4O3. The molecule has 1 aliphatic rings. The van der Waals surface area contributed by atoms with Gasteiger partial charge in [-0.05, 0) is 39.3 Å². The average Bonchev–Trinajstić information content (AvgIpc) is 2.40. The first-order valence-corrected chi connectivity index (χ1v) is 7.14. The van der Waals surface area contributed by atoms with Crippen LogP contribution >= 0.6 is 0 Å². The number of carbonyl (C=O) groups is 3. The Morgan fingerprint density at radius 2 is 2.05 bits per heavy atom.